The summed E-state index contributed by atoms with van der Waals surface area (Å²) in [7, 11) is 1.49. The Bertz CT molecular complexity index is 1190. The Morgan fingerprint density at radius 3 is 2.59 bits per heavy atom. The first-order chi connectivity index (χ1) is 16.4. The van der Waals surface area contributed by atoms with E-state index in [2.05, 4.69) is 15.6 Å². The Hall–Kier alpha value is -4.11. The summed E-state index contributed by atoms with van der Waals surface area (Å²) in [4.78, 5) is 29.0. The van der Waals surface area contributed by atoms with Gasteiger partial charge in [0.05, 0.1) is 19.3 Å². The van der Waals surface area contributed by atoms with E-state index in [1.54, 1.807) is 48.7 Å². The number of benzene rings is 2. The molecule has 34 heavy (non-hydrogen) atoms. The van der Waals surface area contributed by atoms with Crippen LogP contribution in [0.25, 0.3) is 0 Å². The van der Waals surface area contributed by atoms with Crippen molar-refractivity contribution in [2.24, 2.45) is 5.73 Å². The maximum Gasteiger partial charge on any atom is 0.258 e. The molecule has 1 aromatic heterocycles. The number of rotatable bonds is 10. The number of nitrogens with one attached hydrogen (secondary N) is 3. The number of methoxy groups -OCH3 is 1. The number of nitrogens with zero attached hydrogens (tertiary/aromatic N) is 1. The quantitative estimate of drug-likeness (QED) is 0.259. The summed E-state index contributed by atoms with van der Waals surface area (Å²) in [6, 6.07) is 15.0. The number of amidine groups is 1. The predicted molar refractivity (Wildman–Crippen MR) is 128 cm³/mol. The molecular formula is C24H24ClN5O4. The average Bonchev–Trinajstić information content (AvgIpc) is 2.85. The lowest BCUT2D eigenvalue weighted by molar-refractivity contribution is -0.123. The summed E-state index contributed by atoms with van der Waals surface area (Å²) < 4.78 is 10.8. The van der Waals surface area contributed by atoms with Crippen LogP contribution in [0.4, 0.5) is 0 Å². The van der Waals surface area contributed by atoms with Crippen LogP contribution in [0.1, 0.15) is 27.2 Å². The number of aromatic nitrogens is 1. The van der Waals surface area contributed by atoms with Gasteiger partial charge in [0.25, 0.3) is 11.8 Å². The number of hydrogen-bond acceptors (Lipinski definition) is 6. The third-order valence-electron chi connectivity index (χ3n) is 4.74. The van der Waals surface area contributed by atoms with Crippen molar-refractivity contribution in [3.8, 4) is 11.5 Å². The molecule has 3 aromatic rings. The van der Waals surface area contributed by atoms with E-state index in [4.69, 9.17) is 32.2 Å². The number of nitrogen functional groups attached to an aromatic ring is 1. The molecule has 1 heterocycles. The number of pyridine rings is 1. The molecule has 0 unspecified atom stereocenters. The smallest absolute Gasteiger partial charge is 0.258 e. The van der Waals surface area contributed by atoms with Crippen LogP contribution in [0.15, 0.2) is 60.8 Å². The Morgan fingerprint density at radius 2 is 1.88 bits per heavy atom. The standard InChI is InChI=1S/C24H24ClN5O4/c1-33-20-9-17(8-18(25)11-20)24(32)30-12-16-6-5-15(23(26)27)10-21(16)34-14-22(31)29-13-19-4-2-3-7-28-19/h2-11H,12-14H2,1H3,(H3,26,27)(H,29,31)(H,30,32). The van der Waals surface area contributed by atoms with Gasteiger partial charge in [0.15, 0.2) is 6.61 Å². The SMILES string of the molecule is COc1cc(Cl)cc(C(=O)NCc2ccc(C(=N)N)cc2OCC(=O)NCc2ccccn2)c1. The van der Waals surface area contributed by atoms with Gasteiger partial charge in [-0.2, -0.15) is 0 Å². The van der Waals surface area contributed by atoms with Crippen LogP contribution in [-0.2, 0) is 17.9 Å². The van der Waals surface area contributed by atoms with E-state index in [1.807, 2.05) is 6.07 Å². The van der Waals surface area contributed by atoms with Crippen molar-refractivity contribution in [2.75, 3.05) is 13.7 Å². The van der Waals surface area contributed by atoms with Gasteiger partial charge < -0.3 is 25.8 Å². The molecule has 10 heteroatoms. The third-order valence-corrected chi connectivity index (χ3v) is 4.96. The molecule has 0 radical (unpaired) electrons. The van der Waals surface area contributed by atoms with E-state index in [1.165, 1.54) is 13.2 Å². The summed E-state index contributed by atoms with van der Waals surface area (Å²) >= 11 is 6.04. The fourth-order valence-electron chi connectivity index (χ4n) is 2.98. The highest BCUT2D eigenvalue weighted by Crippen LogP contribution is 2.23. The van der Waals surface area contributed by atoms with E-state index in [9.17, 15) is 9.59 Å². The maximum absolute atomic E-state index is 12.6. The van der Waals surface area contributed by atoms with Gasteiger partial charge in [0.1, 0.15) is 17.3 Å². The Balaban J connectivity index is 1.66. The lowest BCUT2D eigenvalue weighted by Gasteiger charge is -2.14. The monoisotopic (exact) mass is 481 g/mol. The van der Waals surface area contributed by atoms with Gasteiger partial charge in [0, 0.05) is 34.5 Å². The molecule has 3 rings (SSSR count). The Kier molecular flexibility index (Phi) is 8.42. The first kappa shape index (κ1) is 24.5. The molecule has 0 aliphatic heterocycles. The van der Waals surface area contributed by atoms with Crippen molar-refractivity contribution in [1.29, 1.82) is 5.41 Å². The zero-order valence-corrected chi connectivity index (χ0v) is 19.2. The molecular weight excluding hydrogens is 458 g/mol. The van der Waals surface area contributed by atoms with Gasteiger partial charge in [-0.15, -0.1) is 0 Å². The number of halogens is 1. The highest BCUT2D eigenvalue weighted by molar-refractivity contribution is 6.31. The van der Waals surface area contributed by atoms with Crippen LogP contribution in [0.2, 0.25) is 5.02 Å². The van der Waals surface area contributed by atoms with Crippen LogP contribution in [-0.4, -0.2) is 36.4 Å². The predicted octanol–water partition coefficient (Wildman–Crippen LogP) is 2.65. The molecule has 0 spiro atoms. The molecule has 0 bridgehead atoms. The van der Waals surface area contributed by atoms with Crippen molar-refractivity contribution in [3.63, 3.8) is 0 Å². The molecule has 2 amide bonds. The molecule has 0 aliphatic rings. The summed E-state index contributed by atoms with van der Waals surface area (Å²) in [5.41, 5.74) is 7.67. The highest BCUT2D eigenvalue weighted by atomic mass is 35.5. The van der Waals surface area contributed by atoms with Crippen LogP contribution in [0.3, 0.4) is 0 Å². The normalized spacial score (nSPS) is 10.3. The Morgan fingerprint density at radius 1 is 1.06 bits per heavy atom. The molecule has 0 saturated heterocycles. The van der Waals surface area contributed by atoms with Gasteiger partial charge in [-0.3, -0.25) is 20.0 Å². The van der Waals surface area contributed by atoms with Gasteiger partial charge in [-0.1, -0.05) is 29.8 Å². The zero-order chi connectivity index (χ0) is 24.5. The largest absolute Gasteiger partial charge is 0.497 e. The molecule has 2 aromatic carbocycles. The highest BCUT2D eigenvalue weighted by Gasteiger charge is 2.13. The second-order valence-electron chi connectivity index (χ2n) is 7.19. The van der Waals surface area contributed by atoms with Gasteiger partial charge in [-0.25, -0.2) is 0 Å². The number of ether oxygens (including phenoxy) is 2. The molecule has 0 aliphatic carbocycles. The van der Waals surface area contributed by atoms with E-state index >= 15 is 0 Å². The minimum absolute atomic E-state index is 0.108. The minimum atomic E-state index is -0.365. The fourth-order valence-corrected chi connectivity index (χ4v) is 3.20. The van der Waals surface area contributed by atoms with Crippen molar-refractivity contribution in [1.82, 2.24) is 15.6 Å². The minimum Gasteiger partial charge on any atom is -0.497 e. The first-order valence-electron chi connectivity index (χ1n) is 10.2. The Labute approximate surface area is 201 Å². The van der Waals surface area contributed by atoms with Crippen molar-refractivity contribution in [3.05, 3.63) is 88.2 Å². The van der Waals surface area contributed by atoms with Gasteiger partial charge in [-0.05, 0) is 36.4 Å². The van der Waals surface area contributed by atoms with Gasteiger partial charge in [0.2, 0.25) is 0 Å². The molecule has 176 valence electrons. The third kappa shape index (κ3) is 6.94. The van der Waals surface area contributed by atoms with E-state index in [-0.39, 0.29) is 37.3 Å². The second kappa shape index (κ2) is 11.7. The van der Waals surface area contributed by atoms with Crippen LogP contribution in [0.5, 0.6) is 11.5 Å². The lowest BCUT2D eigenvalue weighted by atomic mass is 10.1. The lowest BCUT2D eigenvalue weighted by Crippen LogP contribution is -2.29. The summed E-state index contributed by atoms with van der Waals surface area (Å²) in [6.45, 7) is 0.111. The number of nitrogens with two attached hydrogens (primary N) is 1. The van der Waals surface area contributed by atoms with E-state index in [0.29, 0.717) is 33.2 Å². The number of hydrogen-bond donors (Lipinski definition) is 4. The van der Waals surface area contributed by atoms with Crippen LogP contribution < -0.4 is 25.8 Å². The van der Waals surface area contributed by atoms with Crippen molar-refractivity contribution >= 4 is 29.3 Å². The zero-order valence-electron chi connectivity index (χ0n) is 18.4. The van der Waals surface area contributed by atoms with Crippen LogP contribution >= 0.6 is 11.6 Å². The molecule has 0 saturated carbocycles. The number of carbonyl (C=O) groups excluding carboxylic acids is 2. The molecule has 0 fully saturated rings. The van der Waals surface area contributed by atoms with Crippen molar-refractivity contribution in [2.45, 2.75) is 13.1 Å². The molecule has 0 atom stereocenters. The first-order valence-corrected chi connectivity index (χ1v) is 10.6. The topological polar surface area (TPSA) is 139 Å². The number of amides is 2. The summed E-state index contributed by atoms with van der Waals surface area (Å²) in [5.74, 6) is -0.0738. The van der Waals surface area contributed by atoms with Crippen molar-refractivity contribution < 1.29 is 19.1 Å². The van der Waals surface area contributed by atoms with E-state index < -0.39 is 0 Å². The van der Waals surface area contributed by atoms with Gasteiger partial charge >= 0.3 is 0 Å². The average molecular weight is 482 g/mol. The van der Waals surface area contributed by atoms with Crippen LogP contribution in [0, 0.1) is 5.41 Å². The summed E-state index contributed by atoms with van der Waals surface area (Å²) in [5, 5.41) is 13.6. The number of carbonyl (C=O) groups is 2. The molecule has 5 N–H and O–H groups in total. The summed E-state index contributed by atoms with van der Waals surface area (Å²) in [6.07, 6.45) is 1.64. The second-order valence-corrected chi connectivity index (χ2v) is 7.62. The maximum atomic E-state index is 12.6. The van der Waals surface area contributed by atoms with E-state index in [0.717, 1.165) is 5.69 Å². The fraction of sp³-hybridized carbons (Fsp3) is 0.167. The molecule has 9 nitrogen and oxygen atoms in total.